The second-order valence-corrected chi connectivity index (χ2v) is 10.3. The van der Waals surface area contributed by atoms with Crippen molar-refractivity contribution in [3.8, 4) is 0 Å². The highest BCUT2D eigenvalue weighted by Gasteiger charge is 2.26. The number of hydrogen-bond acceptors (Lipinski definition) is 3. The molecule has 5 N–H and O–H groups in total. The molecule has 0 fully saturated rings. The van der Waals surface area contributed by atoms with E-state index in [1.165, 1.54) is 68.9 Å². The summed E-state index contributed by atoms with van der Waals surface area (Å²) in [7, 11) is 0. The first-order valence-corrected chi connectivity index (χ1v) is 14.8. The quantitative estimate of drug-likeness (QED) is 0.0699. The van der Waals surface area contributed by atoms with Crippen molar-refractivity contribution in [3.63, 3.8) is 0 Å². The number of hydrogen-bond donors (Lipinski definition) is 4. The van der Waals surface area contributed by atoms with Crippen molar-refractivity contribution in [1.29, 1.82) is 5.41 Å². The molecule has 0 saturated carbocycles. The molecule has 0 radical (unpaired) electrons. The normalized spacial score (nSPS) is 11.2. The van der Waals surface area contributed by atoms with E-state index in [9.17, 15) is 4.79 Å². The van der Waals surface area contributed by atoms with Gasteiger partial charge in [-0.05, 0) is 30.4 Å². The summed E-state index contributed by atoms with van der Waals surface area (Å²) in [5, 5.41) is 13.6. The molecule has 2 aromatic rings. The number of nitrogens with two attached hydrogens (primary N) is 1. The summed E-state index contributed by atoms with van der Waals surface area (Å²) < 4.78 is 0. The number of guanidine groups is 1. The Labute approximate surface area is 255 Å². The largest absolute Gasteiger partial charge is 0.370 e. The first-order valence-electron chi connectivity index (χ1n) is 14.8. The van der Waals surface area contributed by atoms with Crippen LogP contribution in [0.2, 0.25) is 0 Å². The van der Waals surface area contributed by atoms with E-state index >= 15 is 0 Å². The minimum atomic E-state index is -0.257. The molecule has 0 aliphatic rings. The maximum Gasteiger partial charge on any atom is 0.237 e. The van der Waals surface area contributed by atoms with Crippen LogP contribution in [0.25, 0.3) is 0 Å². The van der Waals surface area contributed by atoms with Gasteiger partial charge >= 0.3 is 0 Å². The van der Waals surface area contributed by atoms with Crippen molar-refractivity contribution < 1.29 is 4.79 Å². The molecule has 0 saturated heterocycles. The Kier molecular flexibility index (Phi) is 23.1. The minimum absolute atomic E-state index is 0. The molecule has 2 rings (SSSR count). The van der Waals surface area contributed by atoms with Gasteiger partial charge in [-0.3, -0.25) is 15.1 Å². The van der Waals surface area contributed by atoms with Gasteiger partial charge in [0.25, 0.3) is 0 Å². The Morgan fingerprint density at radius 1 is 0.725 bits per heavy atom. The second-order valence-electron chi connectivity index (χ2n) is 10.3. The lowest BCUT2D eigenvalue weighted by molar-refractivity contribution is -0.127. The fraction of sp³-hybridized carbons (Fsp3) is 0.562. The van der Waals surface area contributed by atoms with Gasteiger partial charge in [-0.25, -0.2) is 0 Å². The van der Waals surface area contributed by atoms with Crippen LogP contribution in [-0.4, -0.2) is 35.9 Å². The molecular formula is C32H53Cl2N5O. The fourth-order valence-corrected chi connectivity index (χ4v) is 4.85. The first-order chi connectivity index (χ1) is 18.6. The Morgan fingerprint density at radius 3 is 1.65 bits per heavy atom. The van der Waals surface area contributed by atoms with E-state index in [0.29, 0.717) is 26.1 Å². The lowest BCUT2D eigenvalue weighted by Crippen LogP contribution is -2.47. The van der Waals surface area contributed by atoms with E-state index in [0.717, 1.165) is 19.4 Å². The van der Waals surface area contributed by atoms with Crippen LogP contribution in [-0.2, 0) is 17.9 Å². The standard InChI is InChI=1S/C32H51N5O.2ClH/c1-2-3-4-5-6-7-8-9-10-17-24-35-31(38)30(23-18-25-36-32(33)34)37(26-28-19-13-11-14-20-28)27-29-21-15-12-16-22-29;;/h11-16,19-22,30H,2-10,17-18,23-27H2,1H3,(H,35,38)(H4,33,34,36);2*1H/t30-;;/m0../s1. The number of carbonyl (C=O) groups excluding carboxylic acids is 1. The third-order valence-electron chi connectivity index (χ3n) is 7.00. The predicted molar refractivity (Wildman–Crippen MR) is 174 cm³/mol. The van der Waals surface area contributed by atoms with Crippen LogP contribution in [0.1, 0.15) is 95.1 Å². The average molecular weight is 595 g/mol. The van der Waals surface area contributed by atoms with Gasteiger partial charge in [0.15, 0.2) is 5.96 Å². The Morgan fingerprint density at radius 2 is 1.18 bits per heavy atom. The zero-order chi connectivity index (χ0) is 27.3. The maximum atomic E-state index is 13.5. The number of carbonyl (C=O) groups is 1. The van der Waals surface area contributed by atoms with E-state index in [-0.39, 0.29) is 42.7 Å². The smallest absolute Gasteiger partial charge is 0.237 e. The molecule has 8 heteroatoms. The zero-order valence-electron chi connectivity index (χ0n) is 24.4. The van der Waals surface area contributed by atoms with Gasteiger partial charge in [0.05, 0.1) is 6.04 Å². The number of halogens is 2. The Balaban J connectivity index is 0.00000760. The zero-order valence-corrected chi connectivity index (χ0v) is 26.0. The molecule has 0 unspecified atom stereocenters. The molecule has 0 heterocycles. The van der Waals surface area contributed by atoms with Gasteiger partial charge in [-0.15, -0.1) is 24.8 Å². The summed E-state index contributed by atoms with van der Waals surface area (Å²) in [5.74, 6) is 0.0630. The molecule has 2 aromatic carbocycles. The molecule has 0 bridgehead atoms. The Bertz CT molecular complexity index is 844. The number of nitrogens with zero attached hydrogens (tertiary/aromatic N) is 1. The molecule has 0 aliphatic carbocycles. The summed E-state index contributed by atoms with van der Waals surface area (Å²) in [4.78, 5) is 15.8. The van der Waals surface area contributed by atoms with Gasteiger partial charge < -0.3 is 16.4 Å². The molecule has 40 heavy (non-hydrogen) atoms. The monoisotopic (exact) mass is 593 g/mol. The van der Waals surface area contributed by atoms with Crippen molar-refractivity contribution in [3.05, 3.63) is 71.8 Å². The maximum absolute atomic E-state index is 13.5. The van der Waals surface area contributed by atoms with Gasteiger partial charge in [0.2, 0.25) is 5.91 Å². The number of nitrogens with one attached hydrogen (secondary N) is 3. The van der Waals surface area contributed by atoms with Gasteiger partial charge in [0, 0.05) is 26.2 Å². The van der Waals surface area contributed by atoms with Gasteiger partial charge in [0.1, 0.15) is 0 Å². The van der Waals surface area contributed by atoms with E-state index in [1.54, 1.807) is 0 Å². The molecule has 1 amide bonds. The van der Waals surface area contributed by atoms with Crippen LogP contribution in [0.3, 0.4) is 0 Å². The SMILES string of the molecule is CCCCCCCCCCCCNC(=O)[C@H](CCCNC(=N)N)N(Cc1ccccc1)Cc1ccccc1.Cl.Cl. The van der Waals surface area contributed by atoms with Crippen molar-refractivity contribution in [2.45, 2.75) is 103 Å². The number of rotatable bonds is 21. The van der Waals surface area contributed by atoms with E-state index in [1.807, 2.05) is 36.4 Å². The van der Waals surface area contributed by atoms with E-state index in [2.05, 4.69) is 46.7 Å². The van der Waals surface area contributed by atoms with Crippen LogP contribution >= 0.6 is 24.8 Å². The molecule has 1 atom stereocenters. The lowest BCUT2D eigenvalue weighted by Gasteiger charge is -2.31. The van der Waals surface area contributed by atoms with E-state index in [4.69, 9.17) is 11.1 Å². The summed E-state index contributed by atoms with van der Waals surface area (Å²) in [6.07, 6.45) is 14.3. The molecular weight excluding hydrogens is 541 g/mol. The molecule has 226 valence electrons. The van der Waals surface area contributed by atoms with Gasteiger partial charge in [-0.1, -0.05) is 125 Å². The van der Waals surface area contributed by atoms with Crippen LogP contribution < -0.4 is 16.4 Å². The van der Waals surface area contributed by atoms with Crippen LogP contribution in [0, 0.1) is 5.41 Å². The summed E-state index contributed by atoms with van der Waals surface area (Å²) in [5.41, 5.74) is 7.85. The summed E-state index contributed by atoms with van der Waals surface area (Å²) in [6, 6.07) is 20.5. The van der Waals surface area contributed by atoms with Crippen molar-refractivity contribution in [1.82, 2.24) is 15.5 Å². The summed E-state index contributed by atoms with van der Waals surface area (Å²) in [6.45, 7) is 4.97. The minimum Gasteiger partial charge on any atom is -0.370 e. The number of unbranched alkanes of at least 4 members (excludes halogenated alkanes) is 9. The van der Waals surface area contributed by atoms with Crippen LogP contribution in [0.5, 0.6) is 0 Å². The van der Waals surface area contributed by atoms with E-state index < -0.39 is 0 Å². The highest BCUT2D eigenvalue weighted by atomic mass is 35.5. The van der Waals surface area contributed by atoms with Crippen molar-refractivity contribution in [2.24, 2.45) is 5.73 Å². The lowest BCUT2D eigenvalue weighted by atomic mass is 10.0. The molecule has 6 nitrogen and oxygen atoms in total. The molecule has 0 spiro atoms. The third kappa shape index (κ3) is 17.4. The molecule has 0 aliphatic heterocycles. The van der Waals surface area contributed by atoms with Crippen molar-refractivity contribution >= 4 is 36.7 Å². The summed E-state index contributed by atoms with van der Waals surface area (Å²) >= 11 is 0. The first kappa shape index (κ1) is 37.7. The average Bonchev–Trinajstić information content (AvgIpc) is 2.92. The topological polar surface area (TPSA) is 94.2 Å². The number of benzene rings is 2. The third-order valence-corrected chi connectivity index (χ3v) is 7.00. The highest BCUT2D eigenvalue weighted by molar-refractivity contribution is 5.85. The predicted octanol–water partition coefficient (Wildman–Crippen LogP) is 7.20. The molecule has 0 aromatic heterocycles. The van der Waals surface area contributed by atoms with Crippen LogP contribution in [0.15, 0.2) is 60.7 Å². The van der Waals surface area contributed by atoms with Crippen molar-refractivity contribution in [2.75, 3.05) is 13.1 Å². The van der Waals surface area contributed by atoms with Gasteiger partial charge in [-0.2, -0.15) is 0 Å². The Hall–Kier alpha value is -2.28. The fourth-order valence-electron chi connectivity index (χ4n) is 4.85. The highest BCUT2D eigenvalue weighted by Crippen LogP contribution is 2.17. The second kappa shape index (κ2) is 24.5. The van der Waals surface area contributed by atoms with Crippen LogP contribution in [0.4, 0.5) is 0 Å². The number of amides is 1.